The van der Waals surface area contributed by atoms with Crippen molar-refractivity contribution >= 4 is 23.4 Å². The van der Waals surface area contributed by atoms with Crippen molar-refractivity contribution < 1.29 is 14.0 Å². The smallest absolute Gasteiger partial charge is 0.251 e. The van der Waals surface area contributed by atoms with Crippen LogP contribution in [0.5, 0.6) is 0 Å². The first-order valence-electron chi connectivity index (χ1n) is 8.79. The fraction of sp³-hybridized carbons (Fsp3) is 0.300. The Balaban J connectivity index is 1.72. The molecule has 1 saturated heterocycles. The molecule has 0 aromatic heterocycles. The number of halogens is 2. The van der Waals surface area contributed by atoms with Crippen LogP contribution < -0.4 is 10.6 Å². The summed E-state index contributed by atoms with van der Waals surface area (Å²) >= 11 is 5.83. The number of hydrogen-bond donors (Lipinski definition) is 2. The zero-order valence-electron chi connectivity index (χ0n) is 14.9. The van der Waals surface area contributed by atoms with Crippen molar-refractivity contribution in [3.05, 3.63) is 70.5 Å². The standard InChI is InChI=1S/C20H21ClFN3O2/c1-13(24-19(26)14-5-7-16(21)8-6-14)20(27)25-10-9-23-12-18(25)15-3-2-4-17(22)11-15/h2-8,11,13,18,23H,9-10,12H2,1H3,(H,24,26). The maximum absolute atomic E-state index is 13.6. The van der Waals surface area contributed by atoms with E-state index in [1.807, 2.05) is 0 Å². The van der Waals surface area contributed by atoms with Gasteiger partial charge in [0.1, 0.15) is 11.9 Å². The molecule has 5 nitrogen and oxygen atoms in total. The van der Waals surface area contributed by atoms with Crippen molar-refractivity contribution in [2.75, 3.05) is 19.6 Å². The lowest BCUT2D eigenvalue weighted by Gasteiger charge is -2.38. The molecule has 2 N–H and O–H groups in total. The lowest BCUT2D eigenvalue weighted by atomic mass is 10.0. The van der Waals surface area contributed by atoms with E-state index in [1.54, 1.807) is 48.2 Å². The van der Waals surface area contributed by atoms with E-state index in [2.05, 4.69) is 10.6 Å². The summed E-state index contributed by atoms with van der Waals surface area (Å²) in [4.78, 5) is 27.0. The molecule has 2 atom stereocenters. The summed E-state index contributed by atoms with van der Waals surface area (Å²) in [6.07, 6.45) is 0. The number of piperazine rings is 1. The number of amides is 2. The molecular formula is C20H21ClFN3O2. The lowest BCUT2D eigenvalue weighted by molar-refractivity contribution is -0.136. The van der Waals surface area contributed by atoms with Crippen LogP contribution >= 0.6 is 11.6 Å². The second kappa shape index (κ2) is 8.50. The zero-order valence-corrected chi connectivity index (χ0v) is 15.7. The zero-order chi connectivity index (χ0) is 19.4. The summed E-state index contributed by atoms with van der Waals surface area (Å²) in [5.41, 5.74) is 1.16. The summed E-state index contributed by atoms with van der Waals surface area (Å²) in [6.45, 7) is 3.32. The van der Waals surface area contributed by atoms with E-state index < -0.39 is 6.04 Å². The molecule has 0 aliphatic carbocycles. The van der Waals surface area contributed by atoms with Gasteiger partial charge in [-0.2, -0.15) is 0 Å². The molecule has 0 radical (unpaired) electrons. The van der Waals surface area contributed by atoms with E-state index in [4.69, 9.17) is 11.6 Å². The molecule has 0 saturated carbocycles. The summed E-state index contributed by atoms with van der Waals surface area (Å²) in [5, 5.41) is 6.50. The first-order valence-corrected chi connectivity index (χ1v) is 9.16. The third-order valence-corrected chi connectivity index (χ3v) is 4.84. The molecule has 2 aromatic carbocycles. The van der Waals surface area contributed by atoms with Crippen LogP contribution in [0.4, 0.5) is 4.39 Å². The normalized spacial score (nSPS) is 18.0. The molecule has 1 fully saturated rings. The predicted octanol–water partition coefficient (Wildman–Crippen LogP) is 2.77. The highest BCUT2D eigenvalue weighted by molar-refractivity contribution is 6.30. The summed E-state index contributed by atoms with van der Waals surface area (Å²) in [6, 6.07) is 11.7. The SMILES string of the molecule is CC(NC(=O)c1ccc(Cl)cc1)C(=O)N1CCNCC1c1cccc(F)c1. The van der Waals surface area contributed by atoms with Crippen molar-refractivity contribution in [1.29, 1.82) is 0 Å². The second-order valence-electron chi connectivity index (χ2n) is 6.51. The monoisotopic (exact) mass is 389 g/mol. The third-order valence-electron chi connectivity index (χ3n) is 4.58. The van der Waals surface area contributed by atoms with Gasteiger partial charge in [0.15, 0.2) is 0 Å². The second-order valence-corrected chi connectivity index (χ2v) is 6.95. The molecule has 2 amide bonds. The van der Waals surface area contributed by atoms with Crippen molar-refractivity contribution in [3.8, 4) is 0 Å². The van der Waals surface area contributed by atoms with Gasteiger partial charge in [0, 0.05) is 30.2 Å². The molecule has 1 aliphatic heterocycles. The van der Waals surface area contributed by atoms with Crippen LogP contribution in [0.3, 0.4) is 0 Å². The Morgan fingerprint density at radius 1 is 1.26 bits per heavy atom. The fourth-order valence-corrected chi connectivity index (χ4v) is 3.30. The summed E-state index contributed by atoms with van der Waals surface area (Å²) in [7, 11) is 0. The first kappa shape index (κ1) is 19.3. The van der Waals surface area contributed by atoms with E-state index >= 15 is 0 Å². The van der Waals surface area contributed by atoms with Crippen molar-refractivity contribution in [2.24, 2.45) is 0 Å². The van der Waals surface area contributed by atoms with Crippen LogP contribution in [0.25, 0.3) is 0 Å². The highest BCUT2D eigenvalue weighted by Crippen LogP contribution is 2.23. The van der Waals surface area contributed by atoms with E-state index in [0.717, 1.165) is 5.56 Å². The van der Waals surface area contributed by atoms with Gasteiger partial charge in [-0.3, -0.25) is 9.59 Å². The minimum atomic E-state index is -0.706. The molecule has 142 valence electrons. The molecule has 7 heteroatoms. The van der Waals surface area contributed by atoms with Crippen molar-refractivity contribution in [1.82, 2.24) is 15.5 Å². The van der Waals surface area contributed by atoms with E-state index in [9.17, 15) is 14.0 Å². The Bertz CT molecular complexity index is 828. The molecule has 27 heavy (non-hydrogen) atoms. The molecule has 2 unspecified atom stereocenters. The Kier molecular flexibility index (Phi) is 6.08. The minimum Gasteiger partial charge on any atom is -0.341 e. The number of rotatable bonds is 4. The van der Waals surface area contributed by atoms with Crippen LogP contribution in [-0.2, 0) is 4.79 Å². The fourth-order valence-electron chi connectivity index (χ4n) is 3.17. The number of nitrogens with one attached hydrogen (secondary N) is 2. The largest absolute Gasteiger partial charge is 0.341 e. The first-order chi connectivity index (χ1) is 13.0. The van der Waals surface area contributed by atoms with E-state index in [-0.39, 0.29) is 23.7 Å². The average molecular weight is 390 g/mol. The molecule has 1 aliphatic rings. The minimum absolute atomic E-state index is 0.201. The Morgan fingerprint density at radius 3 is 2.70 bits per heavy atom. The molecule has 2 aromatic rings. The van der Waals surface area contributed by atoms with Gasteiger partial charge >= 0.3 is 0 Å². The van der Waals surface area contributed by atoms with Crippen LogP contribution in [0.15, 0.2) is 48.5 Å². The maximum atomic E-state index is 13.6. The number of benzene rings is 2. The van der Waals surface area contributed by atoms with Crippen LogP contribution in [0, 0.1) is 5.82 Å². The topological polar surface area (TPSA) is 61.4 Å². The molecule has 1 heterocycles. The van der Waals surface area contributed by atoms with Gasteiger partial charge in [0.2, 0.25) is 5.91 Å². The van der Waals surface area contributed by atoms with Gasteiger partial charge in [0.05, 0.1) is 6.04 Å². The van der Waals surface area contributed by atoms with E-state index in [0.29, 0.717) is 30.2 Å². The maximum Gasteiger partial charge on any atom is 0.251 e. The Morgan fingerprint density at radius 2 is 2.00 bits per heavy atom. The lowest BCUT2D eigenvalue weighted by Crippen LogP contribution is -2.54. The quantitative estimate of drug-likeness (QED) is 0.845. The third kappa shape index (κ3) is 4.64. The summed E-state index contributed by atoms with van der Waals surface area (Å²) in [5.74, 6) is -0.882. The van der Waals surface area contributed by atoms with Gasteiger partial charge < -0.3 is 15.5 Å². The molecule has 0 bridgehead atoms. The summed E-state index contributed by atoms with van der Waals surface area (Å²) < 4.78 is 13.6. The van der Waals surface area contributed by atoms with Gasteiger partial charge in [-0.25, -0.2) is 4.39 Å². The Hall–Kier alpha value is -2.44. The van der Waals surface area contributed by atoms with Gasteiger partial charge in [-0.05, 0) is 48.9 Å². The predicted molar refractivity (Wildman–Crippen MR) is 102 cm³/mol. The number of nitrogens with zero attached hydrogens (tertiary/aromatic N) is 1. The van der Waals surface area contributed by atoms with Crippen molar-refractivity contribution in [3.63, 3.8) is 0 Å². The number of carbonyl (C=O) groups is 2. The highest BCUT2D eigenvalue weighted by atomic mass is 35.5. The number of carbonyl (C=O) groups excluding carboxylic acids is 2. The number of hydrogen-bond acceptors (Lipinski definition) is 3. The van der Waals surface area contributed by atoms with Gasteiger partial charge in [0.25, 0.3) is 5.91 Å². The van der Waals surface area contributed by atoms with Gasteiger partial charge in [-0.1, -0.05) is 23.7 Å². The molecule has 0 spiro atoms. The molecule has 3 rings (SSSR count). The Labute approximate surface area is 162 Å². The van der Waals surface area contributed by atoms with Crippen LogP contribution in [0.1, 0.15) is 28.9 Å². The molecular weight excluding hydrogens is 369 g/mol. The van der Waals surface area contributed by atoms with E-state index in [1.165, 1.54) is 12.1 Å². The van der Waals surface area contributed by atoms with Gasteiger partial charge in [-0.15, -0.1) is 0 Å². The van der Waals surface area contributed by atoms with Crippen molar-refractivity contribution in [2.45, 2.75) is 19.0 Å². The van der Waals surface area contributed by atoms with Crippen LogP contribution in [-0.4, -0.2) is 42.4 Å². The van der Waals surface area contributed by atoms with Crippen LogP contribution in [0.2, 0.25) is 5.02 Å². The average Bonchev–Trinajstić information content (AvgIpc) is 2.67. The highest BCUT2D eigenvalue weighted by Gasteiger charge is 2.31.